The van der Waals surface area contributed by atoms with E-state index >= 15 is 0 Å². The van der Waals surface area contributed by atoms with Gasteiger partial charge < -0.3 is 10.1 Å². The predicted molar refractivity (Wildman–Crippen MR) is 69.4 cm³/mol. The molecule has 0 unspecified atom stereocenters. The Morgan fingerprint density at radius 2 is 2.44 bits per heavy atom. The van der Waals surface area contributed by atoms with Gasteiger partial charge in [-0.25, -0.2) is 0 Å². The number of halogens is 1. The Labute approximate surface area is 109 Å². The summed E-state index contributed by atoms with van der Waals surface area (Å²) < 4.78 is 7.63. The number of aromatic nitrogens is 2. The van der Waals surface area contributed by atoms with Gasteiger partial charge in [-0.1, -0.05) is 0 Å². The normalized spacial score (nSPS) is 10.4. The van der Waals surface area contributed by atoms with E-state index < -0.39 is 0 Å². The van der Waals surface area contributed by atoms with Gasteiger partial charge in [-0.15, -0.1) is 0 Å². The molecule has 1 amide bonds. The Morgan fingerprint density at radius 1 is 1.69 bits per heavy atom. The van der Waals surface area contributed by atoms with Crippen molar-refractivity contribution in [3.63, 3.8) is 0 Å². The Hall–Kier alpha value is -0.630. The summed E-state index contributed by atoms with van der Waals surface area (Å²) in [5.74, 6) is -0.0825. The number of carbonyl (C=O) groups excluding carboxylic acids is 1. The maximum Gasteiger partial charge on any atom is 0.270 e. The largest absolute Gasteiger partial charge is 0.382 e. The van der Waals surface area contributed by atoms with E-state index in [1.165, 1.54) is 0 Å². The fourth-order valence-electron chi connectivity index (χ4n) is 1.27. The second kappa shape index (κ2) is 6.85. The zero-order valence-corrected chi connectivity index (χ0v) is 11.7. The first-order valence-electron chi connectivity index (χ1n) is 5.20. The Kier molecular flexibility index (Phi) is 5.75. The number of carbonyl (C=O) groups is 1. The maximum absolute atomic E-state index is 11.8. The SMILES string of the molecule is CCOCCCNC(=O)c1c(I)cnn1C. The first-order chi connectivity index (χ1) is 7.66. The van der Waals surface area contributed by atoms with Gasteiger partial charge >= 0.3 is 0 Å². The molecule has 90 valence electrons. The molecule has 0 atom stereocenters. The quantitative estimate of drug-likeness (QED) is 0.627. The molecule has 1 aromatic heterocycles. The van der Waals surface area contributed by atoms with E-state index in [1.54, 1.807) is 17.9 Å². The summed E-state index contributed by atoms with van der Waals surface area (Å²) >= 11 is 2.10. The number of hydrogen-bond donors (Lipinski definition) is 1. The second-order valence-electron chi connectivity index (χ2n) is 3.27. The molecule has 6 heteroatoms. The van der Waals surface area contributed by atoms with Gasteiger partial charge in [0.15, 0.2) is 0 Å². The minimum absolute atomic E-state index is 0.0825. The van der Waals surface area contributed by atoms with Crippen LogP contribution in [0.1, 0.15) is 23.8 Å². The third-order valence-corrected chi connectivity index (χ3v) is 2.85. The number of nitrogens with one attached hydrogen (secondary N) is 1. The molecule has 0 saturated carbocycles. The van der Waals surface area contributed by atoms with Gasteiger partial charge in [0, 0.05) is 26.8 Å². The van der Waals surface area contributed by atoms with E-state index in [0.717, 1.165) is 9.99 Å². The number of aryl methyl sites for hydroxylation is 1. The Morgan fingerprint density at radius 3 is 3.00 bits per heavy atom. The summed E-state index contributed by atoms with van der Waals surface area (Å²) in [6, 6.07) is 0. The average molecular weight is 337 g/mol. The van der Waals surface area contributed by atoms with Gasteiger partial charge in [0.25, 0.3) is 5.91 Å². The maximum atomic E-state index is 11.8. The molecule has 1 rings (SSSR count). The summed E-state index contributed by atoms with van der Waals surface area (Å²) in [5.41, 5.74) is 0.608. The van der Waals surface area contributed by atoms with Crippen LogP contribution in [0, 0.1) is 3.57 Å². The van der Waals surface area contributed by atoms with Crippen molar-refractivity contribution in [3.05, 3.63) is 15.5 Å². The molecule has 1 N–H and O–H groups in total. The summed E-state index contributed by atoms with van der Waals surface area (Å²) in [4.78, 5) is 11.8. The highest BCUT2D eigenvalue weighted by Gasteiger charge is 2.13. The van der Waals surface area contributed by atoms with E-state index in [0.29, 0.717) is 25.5 Å². The smallest absolute Gasteiger partial charge is 0.270 e. The molecule has 0 aliphatic heterocycles. The highest BCUT2D eigenvalue weighted by Crippen LogP contribution is 2.09. The molecular formula is C10H16IN3O2. The third kappa shape index (κ3) is 3.75. The molecule has 5 nitrogen and oxygen atoms in total. The van der Waals surface area contributed by atoms with Crippen molar-refractivity contribution in [3.8, 4) is 0 Å². The molecule has 16 heavy (non-hydrogen) atoms. The van der Waals surface area contributed by atoms with Crippen LogP contribution in [0.5, 0.6) is 0 Å². The van der Waals surface area contributed by atoms with Crippen LogP contribution in [0.4, 0.5) is 0 Å². The van der Waals surface area contributed by atoms with Gasteiger partial charge in [-0.2, -0.15) is 5.10 Å². The third-order valence-electron chi connectivity index (χ3n) is 2.06. The molecule has 0 saturated heterocycles. The van der Waals surface area contributed by atoms with Crippen LogP contribution < -0.4 is 5.32 Å². The number of amides is 1. The molecule has 0 bridgehead atoms. The first kappa shape index (κ1) is 13.4. The summed E-state index contributed by atoms with van der Waals surface area (Å²) in [6.45, 7) is 3.98. The highest BCUT2D eigenvalue weighted by molar-refractivity contribution is 14.1. The molecule has 0 fully saturated rings. The van der Waals surface area contributed by atoms with Gasteiger partial charge in [-0.3, -0.25) is 9.48 Å². The van der Waals surface area contributed by atoms with E-state index in [9.17, 15) is 4.79 Å². The van der Waals surface area contributed by atoms with Crippen LogP contribution in [0.3, 0.4) is 0 Å². The van der Waals surface area contributed by atoms with E-state index in [2.05, 4.69) is 33.0 Å². The van der Waals surface area contributed by atoms with Crippen molar-refractivity contribution >= 4 is 28.5 Å². The lowest BCUT2D eigenvalue weighted by molar-refractivity contribution is 0.0934. The number of rotatable bonds is 6. The fourth-order valence-corrected chi connectivity index (χ4v) is 1.99. The monoisotopic (exact) mass is 337 g/mol. The van der Waals surface area contributed by atoms with Crippen LogP contribution in [-0.4, -0.2) is 35.4 Å². The van der Waals surface area contributed by atoms with Gasteiger partial charge in [0.2, 0.25) is 0 Å². The molecule has 1 heterocycles. The van der Waals surface area contributed by atoms with Crippen molar-refractivity contribution in [1.82, 2.24) is 15.1 Å². The molecule has 1 aromatic rings. The topological polar surface area (TPSA) is 56.1 Å². The number of ether oxygens (including phenoxy) is 1. The lowest BCUT2D eigenvalue weighted by Crippen LogP contribution is -2.28. The Bertz CT molecular complexity index is 332. The molecule has 0 radical (unpaired) electrons. The average Bonchev–Trinajstić information content (AvgIpc) is 2.58. The van der Waals surface area contributed by atoms with Crippen LogP contribution in [0.2, 0.25) is 0 Å². The lowest BCUT2D eigenvalue weighted by Gasteiger charge is -2.06. The standard InChI is InChI=1S/C10H16IN3O2/c1-3-16-6-4-5-12-10(15)9-8(11)7-13-14(9)2/h7H,3-6H2,1-2H3,(H,12,15). The molecule has 0 spiro atoms. The number of nitrogens with zero attached hydrogens (tertiary/aromatic N) is 2. The zero-order valence-electron chi connectivity index (χ0n) is 9.49. The van der Waals surface area contributed by atoms with Gasteiger partial charge in [0.1, 0.15) is 5.69 Å². The van der Waals surface area contributed by atoms with Gasteiger partial charge in [-0.05, 0) is 35.9 Å². The van der Waals surface area contributed by atoms with Crippen molar-refractivity contribution in [2.24, 2.45) is 7.05 Å². The van der Waals surface area contributed by atoms with Crippen LogP contribution in [0.25, 0.3) is 0 Å². The van der Waals surface area contributed by atoms with E-state index in [1.807, 2.05) is 6.92 Å². The van der Waals surface area contributed by atoms with Crippen LogP contribution in [0.15, 0.2) is 6.20 Å². The van der Waals surface area contributed by atoms with Gasteiger partial charge in [0.05, 0.1) is 9.77 Å². The minimum atomic E-state index is -0.0825. The first-order valence-corrected chi connectivity index (χ1v) is 6.28. The lowest BCUT2D eigenvalue weighted by atomic mass is 10.3. The highest BCUT2D eigenvalue weighted by atomic mass is 127. The van der Waals surface area contributed by atoms with E-state index in [-0.39, 0.29) is 5.91 Å². The van der Waals surface area contributed by atoms with Crippen molar-refractivity contribution < 1.29 is 9.53 Å². The van der Waals surface area contributed by atoms with Crippen molar-refractivity contribution in [2.75, 3.05) is 19.8 Å². The Balaban J connectivity index is 2.36. The summed E-state index contributed by atoms with van der Waals surface area (Å²) in [5, 5.41) is 6.86. The zero-order chi connectivity index (χ0) is 12.0. The predicted octanol–water partition coefficient (Wildman–Crippen LogP) is 1.18. The number of hydrogen-bond acceptors (Lipinski definition) is 3. The fraction of sp³-hybridized carbons (Fsp3) is 0.600. The van der Waals surface area contributed by atoms with Crippen LogP contribution >= 0.6 is 22.6 Å². The van der Waals surface area contributed by atoms with Crippen LogP contribution in [-0.2, 0) is 11.8 Å². The summed E-state index contributed by atoms with van der Waals surface area (Å²) in [7, 11) is 1.76. The minimum Gasteiger partial charge on any atom is -0.382 e. The second-order valence-corrected chi connectivity index (χ2v) is 4.43. The van der Waals surface area contributed by atoms with Crippen molar-refractivity contribution in [1.29, 1.82) is 0 Å². The molecule has 0 aromatic carbocycles. The van der Waals surface area contributed by atoms with E-state index in [4.69, 9.17) is 4.74 Å². The summed E-state index contributed by atoms with van der Waals surface area (Å²) in [6.07, 6.45) is 2.50. The van der Waals surface area contributed by atoms with Crippen molar-refractivity contribution in [2.45, 2.75) is 13.3 Å². The molecular weight excluding hydrogens is 321 g/mol. The molecule has 0 aliphatic rings. The molecule has 0 aliphatic carbocycles.